The summed E-state index contributed by atoms with van der Waals surface area (Å²) in [6.45, 7) is 20.5. The van der Waals surface area contributed by atoms with Crippen molar-refractivity contribution in [3.05, 3.63) is 19.3 Å². The van der Waals surface area contributed by atoms with E-state index in [2.05, 4.69) is 106 Å². The molecule has 0 aromatic carbocycles. The van der Waals surface area contributed by atoms with Gasteiger partial charge in [-0.15, -0.1) is 0 Å². The largest absolute Gasteiger partial charge is 2.00 e. The minimum atomic E-state index is -3.72. The fourth-order valence-corrected chi connectivity index (χ4v) is 4.54. The molecule has 0 aliphatic carbocycles. The van der Waals surface area contributed by atoms with Crippen LogP contribution >= 0.6 is 5.69 Å². The topological polar surface area (TPSA) is 46.1 Å². The summed E-state index contributed by atoms with van der Waals surface area (Å²) < 4.78 is 0. The van der Waals surface area contributed by atoms with E-state index in [1.165, 1.54) is 135 Å². The SMILES string of the molecule is CCCC[CH-]C(CC)CCCC.CCCC[CH-]C(CC)CCCC.CCCC[CH-]C(CC)CCCC.[O-]P([O-])(=S)[S-].[Zn+2].[Zn+2].[Zn+2]. The first-order valence-corrected chi connectivity index (χ1v) is 21.4. The van der Waals surface area contributed by atoms with Crippen molar-refractivity contribution in [3.8, 4) is 0 Å². The third-order valence-electron chi connectivity index (χ3n) is 7.53. The maximum Gasteiger partial charge on any atom is 2.00 e. The molecule has 3 unspecified atom stereocenters. The van der Waals surface area contributed by atoms with Gasteiger partial charge >= 0.3 is 58.4 Å². The van der Waals surface area contributed by atoms with Crippen LogP contribution in [0, 0.1) is 37.0 Å². The van der Waals surface area contributed by atoms with Gasteiger partial charge in [-0.25, -0.2) is 0 Å². The first-order chi connectivity index (χ1) is 19.5. The van der Waals surface area contributed by atoms with Crippen LogP contribution in [0.25, 0.3) is 0 Å². The van der Waals surface area contributed by atoms with Gasteiger partial charge in [-0.3, -0.25) is 0 Å². The molecule has 0 radical (unpaired) electrons. The van der Waals surface area contributed by atoms with Gasteiger partial charge in [0.15, 0.2) is 0 Å². The Kier molecular flexibility index (Phi) is 74.1. The second-order valence-electron chi connectivity index (χ2n) is 11.5. The predicted octanol–water partition coefficient (Wildman–Crippen LogP) is 12.3. The molecule has 0 N–H and O–H groups in total. The molecule has 254 valence electrons. The molecule has 0 saturated carbocycles. The molecular formula is C36H75O2PS2Zn3. The van der Waals surface area contributed by atoms with Crippen LogP contribution in [0.1, 0.15) is 197 Å². The van der Waals surface area contributed by atoms with Crippen LogP contribution in [0.2, 0.25) is 0 Å². The van der Waals surface area contributed by atoms with E-state index in [9.17, 15) is 9.79 Å². The van der Waals surface area contributed by atoms with Crippen molar-refractivity contribution in [3.63, 3.8) is 0 Å². The first-order valence-electron chi connectivity index (χ1n) is 17.8. The Balaban J connectivity index is -0.0000000839. The molecule has 0 aliphatic rings. The summed E-state index contributed by atoms with van der Waals surface area (Å²) in [6, 6.07) is 0. The van der Waals surface area contributed by atoms with E-state index in [-0.39, 0.29) is 58.4 Å². The fraction of sp³-hybridized carbons (Fsp3) is 0.917. The van der Waals surface area contributed by atoms with Crippen molar-refractivity contribution in [2.45, 2.75) is 197 Å². The minimum absolute atomic E-state index is 0. The maximum atomic E-state index is 9.29. The standard InChI is InChI=1S/3C12H25.H3O2PS2.3Zn/c3*1-4-7-9-11-12(6-3)10-8-5-2;1-3(2,4)5;;;/h3*11-12H,4-10H2,1-3H3;(H3,1,2,4,5);;;/q3*-1;;3*+2/p-3. The van der Waals surface area contributed by atoms with Gasteiger partial charge < -0.3 is 47.0 Å². The quantitative estimate of drug-likeness (QED) is 0.0320. The zero-order chi connectivity index (χ0) is 32.2. The normalized spacial score (nSPS) is 12.2. The van der Waals surface area contributed by atoms with Gasteiger partial charge in [-0.1, -0.05) is 178 Å². The van der Waals surface area contributed by atoms with Gasteiger partial charge in [0.25, 0.3) is 0 Å². The Morgan fingerprint density at radius 1 is 0.477 bits per heavy atom. The Hall–Kier alpha value is 2.79. The van der Waals surface area contributed by atoms with Gasteiger partial charge in [-0.2, -0.15) is 48.8 Å². The number of hydrogen-bond donors (Lipinski definition) is 0. The van der Waals surface area contributed by atoms with E-state index < -0.39 is 5.69 Å². The summed E-state index contributed by atoms with van der Waals surface area (Å²) in [5.41, 5.74) is -3.72. The van der Waals surface area contributed by atoms with Crippen LogP contribution in [-0.2, 0) is 82.5 Å². The van der Waals surface area contributed by atoms with Crippen molar-refractivity contribution in [1.82, 2.24) is 0 Å². The smallest absolute Gasteiger partial charge is 0.850 e. The molecule has 0 aliphatic heterocycles. The molecule has 0 spiro atoms. The van der Waals surface area contributed by atoms with Crippen molar-refractivity contribution >= 4 is 29.7 Å². The van der Waals surface area contributed by atoms with E-state index in [4.69, 9.17) is 0 Å². The average molecular weight is 831 g/mol. The molecule has 0 rings (SSSR count). The Labute approximate surface area is 329 Å². The third-order valence-corrected chi connectivity index (χ3v) is 7.53. The van der Waals surface area contributed by atoms with Crippen molar-refractivity contribution < 1.29 is 68.2 Å². The zero-order valence-electron chi connectivity index (χ0n) is 31.5. The summed E-state index contributed by atoms with van der Waals surface area (Å²) in [5.74, 6) is 2.70. The number of rotatable bonds is 24. The second kappa shape index (κ2) is 52.6. The van der Waals surface area contributed by atoms with Crippen LogP contribution in [0.15, 0.2) is 0 Å². The van der Waals surface area contributed by atoms with E-state index in [1.807, 2.05) is 0 Å². The molecule has 0 bridgehead atoms. The molecule has 0 aromatic rings. The van der Waals surface area contributed by atoms with Gasteiger partial charge in [-0.05, 0) is 0 Å². The predicted molar refractivity (Wildman–Crippen MR) is 193 cm³/mol. The van der Waals surface area contributed by atoms with Crippen LogP contribution < -0.4 is 9.79 Å². The van der Waals surface area contributed by atoms with Crippen molar-refractivity contribution in [2.24, 2.45) is 17.8 Å². The molecule has 0 saturated heterocycles. The van der Waals surface area contributed by atoms with E-state index >= 15 is 0 Å². The van der Waals surface area contributed by atoms with Gasteiger partial charge in [0.2, 0.25) is 0 Å². The van der Waals surface area contributed by atoms with Gasteiger partial charge in [0, 0.05) is 0 Å². The second-order valence-corrected chi connectivity index (χ2v) is 16.0. The van der Waals surface area contributed by atoms with E-state index in [0.717, 1.165) is 17.8 Å². The third kappa shape index (κ3) is 67.1. The van der Waals surface area contributed by atoms with Crippen molar-refractivity contribution in [2.75, 3.05) is 0 Å². The fourth-order valence-electron chi connectivity index (χ4n) is 4.54. The molecule has 3 atom stereocenters. The first kappa shape index (κ1) is 62.0. The van der Waals surface area contributed by atoms with Crippen LogP contribution in [0.5, 0.6) is 0 Å². The van der Waals surface area contributed by atoms with Gasteiger partial charge in [0.05, 0.1) is 0 Å². The molecule has 8 heteroatoms. The minimum Gasteiger partial charge on any atom is -0.850 e. The summed E-state index contributed by atoms with van der Waals surface area (Å²) in [4.78, 5) is 18.6. The van der Waals surface area contributed by atoms with Crippen molar-refractivity contribution in [1.29, 1.82) is 0 Å². The monoisotopic (exact) mass is 826 g/mol. The Morgan fingerprint density at radius 3 is 0.795 bits per heavy atom. The molecule has 0 heterocycles. The van der Waals surface area contributed by atoms with E-state index in [0.29, 0.717) is 0 Å². The van der Waals surface area contributed by atoms with Gasteiger partial charge in [0.1, 0.15) is 0 Å². The summed E-state index contributed by atoms with van der Waals surface area (Å²) in [7, 11) is 0. The molecule has 0 fully saturated rings. The van der Waals surface area contributed by atoms with Crippen LogP contribution in [0.3, 0.4) is 0 Å². The Bertz CT molecular complexity index is 439. The molecule has 0 amide bonds. The zero-order valence-corrected chi connectivity index (χ0v) is 42.9. The van der Waals surface area contributed by atoms with Crippen LogP contribution in [-0.4, -0.2) is 0 Å². The molecule has 0 aromatic heterocycles. The molecular weight excluding hydrogens is 756 g/mol. The summed E-state index contributed by atoms with van der Waals surface area (Å²) >= 11 is 7.28. The number of hydrogen-bond acceptors (Lipinski definition) is 4. The van der Waals surface area contributed by atoms with Crippen LogP contribution in [0.4, 0.5) is 0 Å². The van der Waals surface area contributed by atoms with E-state index in [1.54, 1.807) is 0 Å². The molecule has 44 heavy (non-hydrogen) atoms. The summed E-state index contributed by atoms with van der Waals surface area (Å²) in [5, 5.41) is 0. The Morgan fingerprint density at radius 2 is 0.659 bits per heavy atom. The maximum absolute atomic E-state index is 9.29. The average Bonchev–Trinajstić information content (AvgIpc) is 2.94. The summed E-state index contributed by atoms with van der Waals surface area (Å²) in [6.07, 6.45) is 36.3. The molecule has 2 nitrogen and oxygen atoms in total. The number of unbranched alkanes of at least 4 members (excludes halogenated alkanes) is 9.